The van der Waals surface area contributed by atoms with Crippen molar-refractivity contribution in [3.8, 4) is 0 Å². The third kappa shape index (κ3) is 4.95. The fraction of sp³-hybridized carbons (Fsp3) is 0.308. The average Bonchev–Trinajstić information content (AvgIpc) is 3.09. The molecule has 0 saturated carbocycles. The van der Waals surface area contributed by atoms with E-state index < -0.39 is 29.1 Å². The molecule has 0 bridgehead atoms. The van der Waals surface area contributed by atoms with Gasteiger partial charge in [-0.25, -0.2) is 0 Å². The predicted molar refractivity (Wildman–Crippen MR) is 80.5 cm³/mol. The fourth-order valence-electron chi connectivity index (χ4n) is 1.62. The molecule has 1 aromatic heterocycles. The summed E-state index contributed by atoms with van der Waals surface area (Å²) in [6.07, 6.45) is 2.69. The molecule has 1 fully saturated rings. The van der Waals surface area contributed by atoms with E-state index in [2.05, 4.69) is 20.8 Å². The van der Waals surface area contributed by atoms with Crippen LogP contribution >= 0.6 is 11.8 Å². The second-order valence-electron chi connectivity index (χ2n) is 4.57. The van der Waals surface area contributed by atoms with Crippen molar-refractivity contribution in [2.24, 2.45) is 10.2 Å². The Kier molecular flexibility index (Phi) is 5.52. The number of hydrogen-bond acceptors (Lipinski definition) is 8. The molecule has 0 radical (unpaired) electrons. The lowest BCUT2D eigenvalue weighted by molar-refractivity contribution is -0.307. The summed E-state index contributed by atoms with van der Waals surface area (Å²) in [4.78, 5) is 33.9. The van der Waals surface area contributed by atoms with Crippen molar-refractivity contribution in [1.29, 1.82) is 0 Å². The van der Waals surface area contributed by atoms with Gasteiger partial charge in [-0.3, -0.25) is 9.59 Å². The lowest BCUT2D eigenvalue weighted by Gasteiger charge is -2.15. The minimum atomic E-state index is -1.39. The SMILES string of the molecule is C[C@@H](NC(=O)C[C@H]1S/C(=N/N=Cc2ccco2)NC1=O)C(=O)[O-]. The standard InChI is InChI=1S/C13H14N4O5S/c1-7(12(20)21)15-10(18)5-9-11(19)16-13(23-9)17-14-6-8-3-2-4-22-8/h2-4,6-7,9H,5H2,1H3,(H,15,18)(H,20,21)(H,16,17,19)/p-1/t7-,9-/m1/s1. The van der Waals surface area contributed by atoms with E-state index in [0.717, 1.165) is 11.8 Å². The van der Waals surface area contributed by atoms with Crippen LogP contribution in [0.4, 0.5) is 0 Å². The predicted octanol–water partition coefficient (Wildman–Crippen LogP) is -1.15. The molecule has 1 saturated heterocycles. The quantitative estimate of drug-likeness (QED) is 0.497. The van der Waals surface area contributed by atoms with Gasteiger partial charge in [0.05, 0.1) is 24.5 Å². The lowest BCUT2D eigenvalue weighted by Crippen LogP contribution is -2.46. The van der Waals surface area contributed by atoms with Gasteiger partial charge in [-0.15, -0.1) is 5.10 Å². The fourth-order valence-corrected chi connectivity index (χ4v) is 2.54. The molecule has 1 aliphatic rings. The first-order valence-electron chi connectivity index (χ1n) is 6.58. The second kappa shape index (κ2) is 7.58. The van der Waals surface area contributed by atoms with Crippen molar-refractivity contribution in [3.05, 3.63) is 24.2 Å². The molecular weight excluding hydrogens is 324 g/mol. The summed E-state index contributed by atoms with van der Waals surface area (Å²) in [6, 6.07) is 2.27. The molecule has 122 valence electrons. The molecule has 9 nitrogen and oxygen atoms in total. The highest BCUT2D eigenvalue weighted by Crippen LogP contribution is 2.22. The second-order valence-corrected chi connectivity index (χ2v) is 5.76. The minimum absolute atomic E-state index is 0.172. The van der Waals surface area contributed by atoms with Gasteiger partial charge in [0, 0.05) is 6.42 Å². The Morgan fingerprint density at radius 1 is 1.61 bits per heavy atom. The molecule has 10 heteroatoms. The van der Waals surface area contributed by atoms with Crippen LogP contribution in [0.1, 0.15) is 19.1 Å². The summed E-state index contributed by atoms with van der Waals surface area (Å²) >= 11 is 1.04. The Morgan fingerprint density at radius 3 is 3.04 bits per heavy atom. The van der Waals surface area contributed by atoms with Crippen LogP contribution in [0.25, 0.3) is 0 Å². The van der Waals surface area contributed by atoms with Gasteiger partial charge in [-0.05, 0) is 19.1 Å². The highest BCUT2D eigenvalue weighted by atomic mass is 32.2. The summed E-state index contributed by atoms with van der Waals surface area (Å²) < 4.78 is 5.03. The molecule has 0 aliphatic carbocycles. The lowest BCUT2D eigenvalue weighted by atomic mass is 10.2. The van der Waals surface area contributed by atoms with Gasteiger partial charge in [0.25, 0.3) is 0 Å². The number of thioether (sulfide) groups is 1. The van der Waals surface area contributed by atoms with Gasteiger partial charge in [0.1, 0.15) is 11.0 Å². The summed E-state index contributed by atoms with van der Waals surface area (Å²) in [5, 5.41) is 22.4. The van der Waals surface area contributed by atoms with Gasteiger partial charge in [0.2, 0.25) is 11.8 Å². The van der Waals surface area contributed by atoms with Crippen molar-refractivity contribution in [3.63, 3.8) is 0 Å². The third-order valence-corrected chi connectivity index (χ3v) is 3.83. The number of hydrogen-bond donors (Lipinski definition) is 2. The van der Waals surface area contributed by atoms with Crippen LogP contribution in [0, 0.1) is 0 Å². The van der Waals surface area contributed by atoms with Crippen LogP contribution in [-0.4, -0.2) is 40.5 Å². The average molecular weight is 337 g/mol. The molecule has 1 aromatic rings. The van der Waals surface area contributed by atoms with E-state index in [4.69, 9.17) is 4.42 Å². The number of rotatable bonds is 6. The van der Waals surface area contributed by atoms with Crippen molar-refractivity contribution in [1.82, 2.24) is 10.6 Å². The van der Waals surface area contributed by atoms with E-state index in [9.17, 15) is 19.5 Å². The molecule has 2 atom stereocenters. The number of carbonyl (C=O) groups excluding carboxylic acids is 3. The van der Waals surface area contributed by atoms with Crippen molar-refractivity contribution in [2.45, 2.75) is 24.6 Å². The maximum atomic E-state index is 11.7. The number of aliphatic carboxylic acids is 1. The minimum Gasteiger partial charge on any atom is -0.548 e. The Morgan fingerprint density at radius 2 is 2.39 bits per heavy atom. The molecule has 0 spiro atoms. The van der Waals surface area contributed by atoms with Gasteiger partial charge in [-0.2, -0.15) is 5.10 Å². The van der Waals surface area contributed by atoms with Gasteiger partial charge < -0.3 is 25.0 Å². The molecule has 2 N–H and O–H groups in total. The van der Waals surface area contributed by atoms with Crippen molar-refractivity contribution in [2.75, 3.05) is 0 Å². The molecule has 2 heterocycles. The first kappa shape index (κ1) is 16.7. The smallest absolute Gasteiger partial charge is 0.240 e. The van der Waals surface area contributed by atoms with Crippen LogP contribution in [0.5, 0.6) is 0 Å². The Hall–Kier alpha value is -2.62. The first-order chi connectivity index (χ1) is 11.0. The van der Waals surface area contributed by atoms with Gasteiger partial charge >= 0.3 is 0 Å². The number of amidine groups is 1. The largest absolute Gasteiger partial charge is 0.548 e. The molecule has 0 unspecified atom stereocenters. The summed E-state index contributed by atoms with van der Waals surface area (Å²) in [5.41, 5.74) is 0. The van der Waals surface area contributed by atoms with Crippen LogP contribution in [0.2, 0.25) is 0 Å². The highest BCUT2D eigenvalue weighted by molar-refractivity contribution is 8.15. The summed E-state index contributed by atoms with van der Waals surface area (Å²) in [6.45, 7) is 1.28. The zero-order valence-electron chi connectivity index (χ0n) is 12.0. The molecular formula is C13H13N4O5S-. The van der Waals surface area contributed by atoms with E-state index in [1.807, 2.05) is 0 Å². The molecule has 0 aromatic carbocycles. The van der Waals surface area contributed by atoms with Crippen molar-refractivity contribution >= 4 is 40.9 Å². The molecule has 1 aliphatic heterocycles. The van der Waals surface area contributed by atoms with Crippen LogP contribution in [0.15, 0.2) is 33.0 Å². The number of nitrogens with zero attached hydrogens (tertiary/aromatic N) is 2. The summed E-state index contributed by atoms with van der Waals surface area (Å²) in [5.74, 6) is -1.83. The molecule has 2 rings (SSSR count). The van der Waals surface area contributed by atoms with E-state index in [1.54, 1.807) is 12.1 Å². The van der Waals surface area contributed by atoms with Gasteiger partial charge in [0.15, 0.2) is 5.17 Å². The zero-order valence-corrected chi connectivity index (χ0v) is 12.8. The Labute approximate surface area is 135 Å². The summed E-state index contributed by atoms with van der Waals surface area (Å²) in [7, 11) is 0. The third-order valence-electron chi connectivity index (χ3n) is 2.76. The highest BCUT2D eigenvalue weighted by Gasteiger charge is 2.32. The maximum absolute atomic E-state index is 11.7. The number of carboxylic acid groups (broad SMARTS) is 1. The van der Waals surface area contributed by atoms with Crippen LogP contribution in [0.3, 0.4) is 0 Å². The zero-order chi connectivity index (χ0) is 16.8. The maximum Gasteiger partial charge on any atom is 0.240 e. The number of carbonyl (C=O) groups is 3. The molecule has 23 heavy (non-hydrogen) atoms. The van der Waals surface area contributed by atoms with E-state index >= 15 is 0 Å². The van der Waals surface area contributed by atoms with E-state index in [0.29, 0.717) is 5.76 Å². The van der Waals surface area contributed by atoms with Crippen LogP contribution < -0.4 is 15.7 Å². The van der Waals surface area contributed by atoms with Crippen LogP contribution in [-0.2, 0) is 14.4 Å². The van der Waals surface area contributed by atoms with Gasteiger partial charge in [-0.1, -0.05) is 11.8 Å². The normalized spacial score (nSPS) is 20.7. The number of amides is 2. The van der Waals surface area contributed by atoms with E-state index in [-0.39, 0.29) is 11.6 Å². The number of carboxylic acids is 1. The monoisotopic (exact) mass is 337 g/mol. The Balaban J connectivity index is 1.87. The molecule has 2 amide bonds. The first-order valence-corrected chi connectivity index (χ1v) is 7.46. The Bertz CT molecular complexity index is 655. The number of furan rings is 1. The van der Waals surface area contributed by atoms with E-state index in [1.165, 1.54) is 19.4 Å². The topological polar surface area (TPSA) is 136 Å². The number of nitrogens with one attached hydrogen (secondary N) is 2. The van der Waals surface area contributed by atoms with Crippen molar-refractivity contribution < 1.29 is 23.9 Å².